The molecule has 1 aliphatic heterocycles. The Morgan fingerprint density at radius 3 is 2.53 bits per heavy atom. The highest BCUT2D eigenvalue weighted by Gasteiger charge is 2.36. The van der Waals surface area contributed by atoms with Crippen molar-refractivity contribution in [3.63, 3.8) is 0 Å². The molecule has 1 fully saturated rings. The SMILES string of the molecule is O=C(COC(=O)[C@@H]1CC(=O)N(NC(=O)c2ccccc2)C1)Nc1ccc(Cl)cc1Cl. The van der Waals surface area contributed by atoms with Crippen molar-refractivity contribution in [3.8, 4) is 0 Å². The van der Waals surface area contributed by atoms with E-state index in [1.807, 2.05) is 0 Å². The Hall–Kier alpha value is -3.10. The molecule has 0 radical (unpaired) electrons. The van der Waals surface area contributed by atoms with Crippen molar-refractivity contribution < 1.29 is 23.9 Å². The van der Waals surface area contributed by atoms with E-state index in [0.29, 0.717) is 16.3 Å². The molecule has 2 aromatic carbocycles. The van der Waals surface area contributed by atoms with Gasteiger partial charge < -0.3 is 10.1 Å². The third-order valence-electron chi connectivity index (χ3n) is 4.28. The summed E-state index contributed by atoms with van der Waals surface area (Å²) >= 11 is 11.8. The highest BCUT2D eigenvalue weighted by Crippen LogP contribution is 2.25. The highest BCUT2D eigenvalue weighted by molar-refractivity contribution is 6.36. The summed E-state index contributed by atoms with van der Waals surface area (Å²) in [5.41, 5.74) is 3.18. The monoisotopic (exact) mass is 449 g/mol. The number of anilines is 1. The average Bonchev–Trinajstić information content (AvgIpc) is 3.09. The van der Waals surface area contributed by atoms with Crippen molar-refractivity contribution in [1.29, 1.82) is 0 Å². The Kier molecular flexibility index (Phi) is 6.91. The van der Waals surface area contributed by atoms with Gasteiger partial charge in [-0.1, -0.05) is 41.4 Å². The molecule has 1 atom stereocenters. The molecule has 30 heavy (non-hydrogen) atoms. The molecule has 10 heteroatoms. The number of carbonyl (C=O) groups is 4. The summed E-state index contributed by atoms with van der Waals surface area (Å²) in [6.07, 6.45) is -0.126. The van der Waals surface area contributed by atoms with Crippen LogP contribution in [-0.4, -0.2) is 41.9 Å². The lowest BCUT2D eigenvalue weighted by Gasteiger charge is -2.17. The van der Waals surface area contributed by atoms with Crippen LogP contribution in [0, 0.1) is 5.92 Å². The number of hydrogen-bond donors (Lipinski definition) is 2. The number of halogens is 2. The van der Waals surface area contributed by atoms with Gasteiger partial charge in [0.1, 0.15) is 0 Å². The van der Waals surface area contributed by atoms with Gasteiger partial charge in [0, 0.05) is 17.0 Å². The maximum atomic E-state index is 12.2. The van der Waals surface area contributed by atoms with Crippen molar-refractivity contribution in [1.82, 2.24) is 10.4 Å². The van der Waals surface area contributed by atoms with E-state index in [4.69, 9.17) is 27.9 Å². The van der Waals surface area contributed by atoms with Crippen molar-refractivity contribution in [2.24, 2.45) is 5.92 Å². The number of ether oxygens (including phenoxy) is 1. The summed E-state index contributed by atoms with van der Waals surface area (Å²) in [4.78, 5) is 48.5. The van der Waals surface area contributed by atoms with Gasteiger partial charge in [-0.25, -0.2) is 0 Å². The number of amides is 3. The van der Waals surface area contributed by atoms with Crippen LogP contribution >= 0.6 is 23.2 Å². The minimum Gasteiger partial charge on any atom is -0.455 e. The van der Waals surface area contributed by atoms with Gasteiger partial charge in [-0.2, -0.15) is 0 Å². The number of nitrogens with one attached hydrogen (secondary N) is 2. The first-order chi connectivity index (χ1) is 14.3. The van der Waals surface area contributed by atoms with Crippen LogP contribution < -0.4 is 10.7 Å². The summed E-state index contributed by atoms with van der Waals surface area (Å²) in [6.45, 7) is -0.584. The lowest BCUT2D eigenvalue weighted by atomic mass is 10.1. The molecule has 8 nitrogen and oxygen atoms in total. The summed E-state index contributed by atoms with van der Waals surface area (Å²) in [7, 11) is 0. The molecular weight excluding hydrogens is 433 g/mol. The second kappa shape index (κ2) is 9.60. The predicted molar refractivity (Wildman–Crippen MR) is 110 cm³/mol. The molecule has 0 spiro atoms. The van der Waals surface area contributed by atoms with Gasteiger partial charge in [0.15, 0.2) is 6.61 Å². The minimum absolute atomic E-state index is 0.0408. The van der Waals surface area contributed by atoms with E-state index >= 15 is 0 Å². The molecule has 3 amide bonds. The molecule has 1 aliphatic rings. The Balaban J connectivity index is 1.48. The standard InChI is InChI=1S/C20H17Cl2N3O5/c21-14-6-7-16(15(22)9-14)23-17(26)11-30-20(29)13-8-18(27)25(10-13)24-19(28)12-4-2-1-3-5-12/h1-7,9,13H,8,10-11H2,(H,23,26)(H,24,28)/t13-/m1/s1. The van der Waals surface area contributed by atoms with E-state index in [1.165, 1.54) is 12.1 Å². The summed E-state index contributed by atoms with van der Waals surface area (Å²) in [6, 6.07) is 12.9. The number of esters is 1. The second-order valence-electron chi connectivity index (χ2n) is 6.49. The van der Waals surface area contributed by atoms with Gasteiger partial charge >= 0.3 is 5.97 Å². The summed E-state index contributed by atoms with van der Waals surface area (Å²) in [5.74, 6) is -2.97. The van der Waals surface area contributed by atoms with E-state index in [0.717, 1.165) is 5.01 Å². The fourth-order valence-electron chi connectivity index (χ4n) is 2.78. The quantitative estimate of drug-likeness (QED) is 0.659. The zero-order valence-electron chi connectivity index (χ0n) is 15.6. The van der Waals surface area contributed by atoms with Crippen LogP contribution in [0.2, 0.25) is 10.0 Å². The van der Waals surface area contributed by atoms with Crippen LogP contribution in [0.3, 0.4) is 0 Å². The Bertz CT molecular complexity index is 984. The molecule has 2 aromatic rings. The normalized spacial score (nSPS) is 15.6. The third kappa shape index (κ3) is 5.49. The first-order valence-corrected chi connectivity index (χ1v) is 9.67. The lowest BCUT2D eigenvalue weighted by Crippen LogP contribution is -2.43. The van der Waals surface area contributed by atoms with Gasteiger partial charge in [-0.05, 0) is 30.3 Å². The maximum absolute atomic E-state index is 12.2. The Morgan fingerprint density at radius 1 is 1.10 bits per heavy atom. The van der Waals surface area contributed by atoms with Crippen LogP contribution in [0.5, 0.6) is 0 Å². The molecule has 0 aliphatic carbocycles. The highest BCUT2D eigenvalue weighted by atomic mass is 35.5. The fraction of sp³-hybridized carbons (Fsp3) is 0.200. The number of hydrogen-bond acceptors (Lipinski definition) is 5. The van der Waals surface area contributed by atoms with Gasteiger partial charge in [-0.15, -0.1) is 0 Å². The van der Waals surface area contributed by atoms with Crippen molar-refractivity contribution in [2.45, 2.75) is 6.42 Å². The second-order valence-corrected chi connectivity index (χ2v) is 7.34. The third-order valence-corrected chi connectivity index (χ3v) is 4.83. The zero-order valence-corrected chi connectivity index (χ0v) is 17.1. The van der Waals surface area contributed by atoms with Gasteiger partial charge in [0.05, 0.1) is 23.2 Å². The molecular formula is C20H17Cl2N3O5. The van der Waals surface area contributed by atoms with Crippen LogP contribution in [0.15, 0.2) is 48.5 Å². The minimum atomic E-state index is -0.791. The number of rotatable bonds is 6. The molecule has 0 unspecified atom stereocenters. The predicted octanol–water partition coefficient (Wildman–Crippen LogP) is 2.67. The molecule has 2 N–H and O–H groups in total. The summed E-state index contributed by atoms with van der Waals surface area (Å²) < 4.78 is 5.00. The molecule has 1 saturated heterocycles. The number of nitrogens with zero attached hydrogens (tertiary/aromatic N) is 1. The Labute approximate surface area is 182 Å². The number of benzene rings is 2. The van der Waals surface area contributed by atoms with Crippen LogP contribution in [0.1, 0.15) is 16.8 Å². The van der Waals surface area contributed by atoms with Crippen LogP contribution in [0.25, 0.3) is 0 Å². The Morgan fingerprint density at radius 2 is 1.83 bits per heavy atom. The van der Waals surface area contributed by atoms with Crippen molar-refractivity contribution in [3.05, 3.63) is 64.1 Å². The largest absolute Gasteiger partial charge is 0.455 e. The molecule has 0 aromatic heterocycles. The molecule has 1 heterocycles. The summed E-state index contributed by atoms with van der Waals surface area (Å²) in [5, 5.41) is 4.24. The van der Waals surface area contributed by atoms with E-state index in [-0.39, 0.29) is 18.0 Å². The smallest absolute Gasteiger partial charge is 0.311 e. The van der Waals surface area contributed by atoms with Crippen molar-refractivity contribution >= 4 is 52.6 Å². The van der Waals surface area contributed by atoms with Gasteiger partial charge in [0.25, 0.3) is 11.8 Å². The number of hydrazine groups is 1. The molecule has 0 bridgehead atoms. The van der Waals surface area contributed by atoms with E-state index in [2.05, 4.69) is 10.7 Å². The average molecular weight is 450 g/mol. The topological polar surface area (TPSA) is 105 Å². The zero-order chi connectivity index (χ0) is 21.7. The van der Waals surface area contributed by atoms with E-state index in [1.54, 1.807) is 36.4 Å². The molecule has 0 saturated carbocycles. The van der Waals surface area contributed by atoms with Gasteiger partial charge in [-0.3, -0.25) is 29.6 Å². The van der Waals surface area contributed by atoms with E-state index in [9.17, 15) is 19.2 Å². The first-order valence-electron chi connectivity index (χ1n) is 8.91. The molecule has 156 valence electrons. The maximum Gasteiger partial charge on any atom is 0.311 e. The fourth-order valence-corrected chi connectivity index (χ4v) is 3.24. The van der Waals surface area contributed by atoms with Crippen LogP contribution in [-0.2, 0) is 19.1 Å². The first kappa shape index (κ1) is 21.6. The van der Waals surface area contributed by atoms with E-state index < -0.39 is 36.2 Å². The number of carbonyl (C=O) groups excluding carboxylic acids is 4. The van der Waals surface area contributed by atoms with Gasteiger partial charge in [0.2, 0.25) is 5.91 Å². The lowest BCUT2D eigenvalue weighted by molar-refractivity contribution is -0.151. The van der Waals surface area contributed by atoms with Crippen LogP contribution in [0.4, 0.5) is 5.69 Å². The molecule has 3 rings (SSSR count). The van der Waals surface area contributed by atoms with Crippen molar-refractivity contribution in [2.75, 3.05) is 18.5 Å².